The number of rotatable bonds is 3. The van der Waals surface area contributed by atoms with E-state index in [9.17, 15) is 18.0 Å². The van der Waals surface area contributed by atoms with Crippen molar-refractivity contribution in [3.05, 3.63) is 51.9 Å². The van der Waals surface area contributed by atoms with Crippen LogP contribution in [-0.2, 0) is 9.53 Å². The molecule has 1 atom stereocenters. The highest BCUT2D eigenvalue weighted by Crippen LogP contribution is 2.41. The Balaban J connectivity index is 2.24. The maximum atomic E-state index is 13.6. The second kappa shape index (κ2) is 6.51. The van der Waals surface area contributed by atoms with Crippen molar-refractivity contribution in [2.24, 2.45) is 0 Å². The molecule has 0 spiro atoms. The molecule has 1 aromatic carbocycles. The van der Waals surface area contributed by atoms with E-state index >= 15 is 0 Å². The van der Waals surface area contributed by atoms with Gasteiger partial charge in [-0.2, -0.15) is 23.3 Å². The second-order valence-electron chi connectivity index (χ2n) is 5.11. The zero-order chi connectivity index (χ0) is 18.2. The number of anilines is 1. The van der Waals surface area contributed by atoms with Gasteiger partial charge in [-0.15, -0.1) is 0 Å². The largest absolute Gasteiger partial charge is 0.463 e. The summed E-state index contributed by atoms with van der Waals surface area (Å²) in [6.45, 7) is 1.47. The van der Waals surface area contributed by atoms with Crippen LogP contribution in [0.1, 0.15) is 18.5 Å². The number of benzene rings is 1. The number of carbonyl (C=O) groups excluding carboxylic acids is 1. The SMILES string of the molecule is CCOC(=O)C1=C(C(F)(F)F)Nc2ncnn2C1c1ccc(Br)cc1. The molecule has 1 aromatic heterocycles. The molecule has 132 valence electrons. The van der Waals surface area contributed by atoms with Crippen molar-refractivity contribution in [1.29, 1.82) is 0 Å². The van der Waals surface area contributed by atoms with Gasteiger partial charge in [0.25, 0.3) is 0 Å². The molecule has 3 rings (SSSR count). The van der Waals surface area contributed by atoms with Crippen molar-refractivity contribution in [2.75, 3.05) is 11.9 Å². The molecule has 0 fully saturated rings. The van der Waals surface area contributed by atoms with Crippen LogP contribution in [0, 0.1) is 0 Å². The van der Waals surface area contributed by atoms with E-state index in [4.69, 9.17) is 4.74 Å². The second-order valence-corrected chi connectivity index (χ2v) is 6.03. The van der Waals surface area contributed by atoms with Crippen molar-refractivity contribution < 1.29 is 22.7 Å². The first-order chi connectivity index (χ1) is 11.8. The summed E-state index contributed by atoms with van der Waals surface area (Å²) in [6.07, 6.45) is -3.66. The first-order valence-corrected chi connectivity index (χ1v) is 8.02. The molecule has 1 N–H and O–H groups in total. The lowest BCUT2D eigenvalue weighted by molar-refractivity contribution is -0.140. The van der Waals surface area contributed by atoms with Crippen LogP contribution in [0.4, 0.5) is 19.1 Å². The van der Waals surface area contributed by atoms with Crippen LogP contribution in [0.25, 0.3) is 0 Å². The van der Waals surface area contributed by atoms with Gasteiger partial charge in [0.2, 0.25) is 5.95 Å². The minimum Gasteiger partial charge on any atom is -0.463 e. The first kappa shape index (κ1) is 17.5. The molecule has 25 heavy (non-hydrogen) atoms. The van der Waals surface area contributed by atoms with Gasteiger partial charge >= 0.3 is 12.1 Å². The highest BCUT2D eigenvalue weighted by Gasteiger charge is 2.46. The zero-order valence-electron chi connectivity index (χ0n) is 12.8. The number of halogens is 4. The lowest BCUT2D eigenvalue weighted by Crippen LogP contribution is -2.35. The Kier molecular flexibility index (Phi) is 4.55. The number of esters is 1. The molecule has 0 radical (unpaired) electrons. The number of alkyl halides is 3. The Morgan fingerprint density at radius 1 is 1.36 bits per heavy atom. The molecule has 1 aliphatic heterocycles. The van der Waals surface area contributed by atoms with Gasteiger partial charge in [-0.25, -0.2) is 9.48 Å². The van der Waals surface area contributed by atoms with Gasteiger partial charge in [-0.05, 0) is 24.6 Å². The Hall–Kier alpha value is -2.36. The van der Waals surface area contributed by atoms with E-state index < -0.39 is 29.5 Å². The summed E-state index contributed by atoms with van der Waals surface area (Å²) in [7, 11) is 0. The molecular weight excluding hydrogens is 405 g/mol. The van der Waals surface area contributed by atoms with Crippen molar-refractivity contribution in [1.82, 2.24) is 14.8 Å². The van der Waals surface area contributed by atoms with Crippen molar-refractivity contribution in [3.8, 4) is 0 Å². The molecule has 2 heterocycles. The number of allylic oxidation sites excluding steroid dienone is 1. The van der Waals surface area contributed by atoms with Gasteiger partial charge < -0.3 is 10.1 Å². The number of aromatic nitrogens is 3. The number of nitrogens with one attached hydrogen (secondary N) is 1. The maximum absolute atomic E-state index is 13.6. The highest BCUT2D eigenvalue weighted by molar-refractivity contribution is 9.10. The molecule has 0 amide bonds. The summed E-state index contributed by atoms with van der Waals surface area (Å²) < 4.78 is 47.5. The van der Waals surface area contributed by atoms with Gasteiger partial charge in [-0.3, -0.25) is 0 Å². The minimum atomic E-state index is -4.78. The summed E-state index contributed by atoms with van der Waals surface area (Å²) in [5.74, 6) is -1.16. The van der Waals surface area contributed by atoms with Gasteiger partial charge in [0.1, 0.15) is 18.1 Å². The number of nitrogens with zero attached hydrogens (tertiary/aromatic N) is 3. The van der Waals surface area contributed by atoms with E-state index in [1.807, 2.05) is 0 Å². The number of ether oxygens (including phenoxy) is 1. The summed E-state index contributed by atoms with van der Waals surface area (Å²) in [4.78, 5) is 16.1. The van der Waals surface area contributed by atoms with Crippen LogP contribution >= 0.6 is 15.9 Å². The highest BCUT2D eigenvalue weighted by atomic mass is 79.9. The van der Waals surface area contributed by atoms with Crippen molar-refractivity contribution >= 4 is 27.8 Å². The summed E-state index contributed by atoms with van der Waals surface area (Å²) >= 11 is 3.28. The first-order valence-electron chi connectivity index (χ1n) is 7.23. The fourth-order valence-electron chi connectivity index (χ4n) is 2.57. The molecule has 0 saturated carbocycles. The van der Waals surface area contributed by atoms with E-state index in [0.717, 1.165) is 10.8 Å². The Morgan fingerprint density at radius 3 is 2.64 bits per heavy atom. The van der Waals surface area contributed by atoms with Crippen LogP contribution in [0.2, 0.25) is 0 Å². The van der Waals surface area contributed by atoms with Crippen LogP contribution in [0.3, 0.4) is 0 Å². The average Bonchev–Trinajstić information content (AvgIpc) is 3.01. The van der Waals surface area contributed by atoms with Crippen LogP contribution in [0.5, 0.6) is 0 Å². The topological polar surface area (TPSA) is 69.0 Å². The van der Waals surface area contributed by atoms with Gasteiger partial charge in [0.15, 0.2) is 0 Å². The normalized spacial score (nSPS) is 17.1. The number of hydrogen-bond donors (Lipinski definition) is 1. The Labute approximate surface area is 148 Å². The fraction of sp³-hybridized carbons (Fsp3) is 0.267. The molecule has 1 aliphatic rings. The van der Waals surface area contributed by atoms with Gasteiger partial charge in [0, 0.05) is 4.47 Å². The van der Waals surface area contributed by atoms with E-state index in [0.29, 0.717) is 5.56 Å². The summed E-state index contributed by atoms with van der Waals surface area (Å²) in [5.41, 5.74) is -1.31. The molecule has 0 aliphatic carbocycles. The van der Waals surface area contributed by atoms with E-state index in [1.54, 1.807) is 24.3 Å². The summed E-state index contributed by atoms with van der Waals surface area (Å²) in [6, 6.07) is 5.45. The molecule has 0 saturated heterocycles. The lowest BCUT2D eigenvalue weighted by Gasteiger charge is -2.30. The van der Waals surface area contributed by atoms with Gasteiger partial charge in [-0.1, -0.05) is 28.1 Å². The third kappa shape index (κ3) is 3.26. The van der Waals surface area contributed by atoms with Gasteiger partial charge in [0.05, 0.1) is 12.2 Å². The quantitative estimate of drug-likeness (QED) is 0.776. The van der Waals surface area contributed by atoms with E-state index in [1.165, 1.54) is 11.6 Å². The molecule has 0 bridgehead atoms. The predicted molar refractivity (Wildman–Crippen MR) is 85.6 cm³/mol. The zero-order valence-corrected chi connectivity index (χ0v) is 14.4. The monoisotopic (exact) mass is 416 g/mol. The molecule has 10 heteroatoms. The third-order valence-corrected chi connectivity index (χ3v) is 4.09. The van der Waals surface area contributed by atoms with Crippen LogP contribution in [-0.4, -0.2) is 33.5 Å². The fourth-order valence-corrected chi connectivity index (χ4v) is 2.83. The smallest absolute Gasteiger partial charge is 0.431 e. The Bertz CT molecular complexity index is 830. The third-order valence-electron chi connectivity index (χ3n) is 3.56. The number of carbonyl (C=O) groups is 1. The van der Waals surface area contributed by atoms with Crippen LogP contribution in [0.15, 0.2) is 46.3 Å². The molecule has 1 unspecified atom stereocenters. The molecule has 2 aromatic rings. The van der Waals surface area contributed by atoms with Crippen molar-refractivity contribution in [3.63, 3.8) is 0 Å². The maximum Gasteiger partial charge on any atom is 0.431 e. The average molecular weight is 417 g/mol. The molecule has 6 nitrogen and oxygen atoms in total. The van der Waals surface area contributed by atoms with Crippen LogP contribution < -0.4 is 5.32 Å². The number of hydrogen-bond acceptors (Lipinski definition) is 5. The predicted octanol–water partition coefficient (Wildman–Crippen LogP) is 3.44. The minimum absolute atomic E-state index is 0.0509. The summed E-state index contributed by atoms with van der Waals surface area (Å²) in [5, 5.41) is 6.12. The standard InChI is InChI=1S/C15H12BrF3N4O2/c1-2-25-13(24)10-11(8-3-5-9(16)6-4-8)23-14(20-7-21-23)22-12(10)15(17,18)19/h3-7,11H,2H2,1H3,(H,20,21,22). The Morgan fingerprint density at radius 2 is 2.04 bits per heavy atom. The van der Waals surface area contributed by atoms with E-state index in [2.05, 4.69) is 31.3 Å². The molecular formula is C15H12BrF3N4O2. The van der Waals surface area contributed by atoms with Crippen molar-refractivity contribution in [2.45, 2.75) is 19.1 Å². The van der Waals surface area contributed by atoms with E-state index in [-0.39, 0.29) is 12.6 Å². The lowest BCUT2D eigenvalue weighted by atomic mass is 9.95. The number of fused-ring (bicyclic) bond motifs is 1.